The van der Waals surface area contributed by atoms with Crippen LogP contribution in [0.15, 0.2) is 10.7 Å². The second-order valence-electron chi connectivity index (χ2n) is 7.22. The highest BCUT2D eigenvalue weighted by atomic mass is 16.5. The topological polar surface area (TPSA) is 93.9 Å². The fourth-order valence-electron chi connectivity index (χ4n) is 3.46. The van der Waals surface area contributed by atoms with E-state index in [0.29, 0.717) is 45.4 Å². The molecule has 2 amide bonds. The number of nitrogens with one attached hydrogen (secondary N) is 1. The van der Waals surface area contributed by atoms with Gasteiger partial charge in [-0.2, -0.15) is 0 Å². The minimum absolute atomic E-state index is 0.0881. The third-order valence-corrected chi connectivity index (χ3v) is 5.00. The normalized spacial score (nSPS) is 14.3. The lowest BCUT2D eigenvalue weighted by Gasteiger charge is -2.24. The molecule has 0 spiro atoms. The number of amides is 2. The number of ether oxygens (including phenoxy) is 2. The average molecular weight is 410 g/mol. The van der Waals surface area contributed by atoms with Gasteiger partial charge in [0, 0.05) is 45.4 Å². The molecular weight excluding hydrogens is 374 g/mol. The van der Waals surface area contributed by atoms with E-state index < -0.39 is 0 Å². The van der Waals surface area contributed by atoms with Crippen molar-refractivity contribution in [3.63, 3.8) is 0 Å². The maximum atomic E-state index is 12.9. The zero-order valence-electron chi connectivity index (χ0n) is 17.8. The quantitative estimate of drug-likeness (QED) is 0.475. The Kier molecular flexibility index (Phi) is 10.7. The Morgan fingerprint density at radius 2 is 1.86 bits per heavy atom. The number of aromatic nitrogens is 1. The molecule has 164 valence electrons. The molecule has 1 aromatic heterocycles. The highest BCUT2D eigenvalue weighted by Gasteiger charge is 2.28. The number of hydrogen-bond acceptors (Lipinski definition) is 6. The Morgan fingerprint density at radius 1 is 1.17 bits per heavy atom. The number of nitrogens with zero attached hydrogens (tertiary/aromatic N) is 2. The Morgan fingerprint density at radius 3 is 2.55 bits per heavy atom. The van der Waals surface area contributed by atoms with Gasteiger partial charge in [0.15, 0.2) is 5.69 Å². The molecule has 0 aliphatic heterocycles. The standard InChI is InChI=1S/C21H35N3O5/c1-3-27-13-7-11-22-20(25)18-16-29-19(23-18)15-24(12-8-14-28-4-2)21(26)17-9-5-6-10-17/h16-17H,3-15H2,1-2H3,(H,22,25). The van der Waals surface area contributed by atoms with Crippen molar-refractivity contribution >= 4 is 11.8 Å². The van der Waals surface area contributed by atoms with Crippen LogP contribution in [0.2, 0.25) is 0 Å². The predicted octanol–water partition coefficient (Wildman–Crippen LogP) is 2.78. The molecule has 0 unspecified atom stereocenters. The summed E-state index contributed by atoms with van der Waals surface area (Å²) in [6.07, 6.45) is 6.97. The first kappa shape index (κ1) is 23.3. The zero-order chi connectivity index (χ0) is 20.9. The van der Waals surface area contributed by atoms with Crippen molar-refractivity contribution in [2.45, 2.75) is 58.9 Å². The molecule has 0 atom stereocenters. The smallest absolute Gasteiger partial charge is 0.273 e. The van der Waals surface area contributed by atoms with Crippen LogP contribution in [0.25, 0.3) is 0 Å². The van der Waals surface area contributed by atoms with Crippen molar-refractivity contribution in [2.75, 3.05) is 39.5 Å². The van der Waals surface area contributed by atoms with Crippen LogP contribution in [-0.4, -0.2) is 61.2 Å². The number of carbonyl (C=O) groups excluding carboxylic acids is 2. The molecule has 8 nitrogen and oxygen atoms in total. The maximum Gasteiger partial charge on any atom is 0.273 e. The maximum absolute atomic E-state index is 12.9. The summed E-state index contributed by atoms with van der Waals surface area (Å²) in [6.45, 7) is 7.85. The van der Waals surface area contributed by atoms with Gasteiger partial charge in [0.2, 0.25) is 11.8 Å². The van der Waals surface area contributed by atoms with Crippen molar-refractivity contribution < 1.29 is 23.5 Å². The van der Waals surface area contributed by atoms with Gasteiger partial charge in [-0.3, -0.25) is 9.59 Å². The van der Waals surface area contributed by atoms with E-state index in [4.69, 9.17) is 13.9 Å². The minimum atomic E-state index is -0.276. The molecule has 1 saturated carbocycles. The lowest BCUT2D eigenvalue weighted by atomic mass is 10.1. The Bertz CT molecular complexity index is 613. The van der Waals surface area contributed by atoms with Gasteiger partial charge in [-0.05, 0) is 39.5 Å². The predicted molar refractivity (Wildman–Crippen MR) is 108 cm³/mol. The molecule has 0 radical (unpaired) electrons. The molecule has 0 saturated heterocycles. The third-order valence-electron chi connectivity index (χ3n) is 5.00. The van der Waals surface area contributed by atoms with Gasteiger partial charge in [0.25, 0.3) is 5.91 Å². The van der Waals surface area contributed by atoms with Crippen LogP contribution in [0, 0.1) is 5.92 Å². The van der Waals surface area contributed by atoms with Crippen molar-refractivity contribution in [3.05, 3.63) is 17.8 Å². The molecule has 0 bridgehead atoms. The first-order valence-electron chi connectivity index (χ1n) is 10.8. The Hall–Kier alpha value is -1.93. The summed E-state index contributed by atoms with van der Waals surface area (Å²) >= 11 is 0. The van der Waals surface area contributed by atoms with E-state index in [1.54, 1.807) is 4.90 Å². The highest BCUT2D eigenvalue weighted by Crippen LogP contribution is 2.27. The van der Waals surface area contributed by atoms with Gasteiger partial charge in [0.1, 0.15) is 6.26 Å². The monoisotopic (exact) mass is 409 g/mol. The van der Waals surface area contributed by atoms with Crippen LogP contribution in [0.3, 0.4) is 0 Å². The molecule has 1 N–H and O–H groups in total. The average Bonchev–Trinajstić information content (AvgIpc) is 3.41. The van der Waals surface area contributed by atoms with Crippen molar-refractivity contribution in [3.8, 4) is 0 Å². The SMILES string of the molecule is CCOCCCNC(=O)c1coc(CN(CCCOCC)C(=O)C2CCCC2)n1. The first-order chi connectivity index (χ1) is 14.2. The first-order valence-corrected chi connectivity index (χ1v) is 10.8. The molecule has 0 aromatic carbocycles. The zero-order valence-corrected chi connectivity index (χ0v) is 17.8. The molecule has 1 aromatic rings. The van der Waals surface area contributed by atoms with E-state index in [-0.39, 0.29) is 30.0 Å². The molecule has 29 heavy (non-hydrogen) atoms. The highest BCUT2D eigenvalue weighted by molar-refractivity contribution is 5.91. The summed E-state index contributed by atoms with van der Waals surface area (Å²) < 4.78 is 16.1. The molecule has 1 aliphatic rings. The van der Waals surface area contributed by atoms with Crippen molar-refractivity contribution in [1.82, 2.24) is 15.2 Å². The summed E-state index contributed by atoms with van der Waals surface area (Å²) in [5.74, 6) is 0.345. The molecule has 8 heteroatoms. The van der Waals surface area contributed by atoms with E-state index in [1.165, 1.54) is 6.26 Å². The van der Waals surface area contributed by atoms with Crippen molar-refractivity contribution in [1.29, 1.82) is 0 Å². The molecule has 1 fully saturated rings. The largest absolute Gasteiger partial charge is 0.446 e. The van der Waals surface area contributed by atoms with Crippen LogP contribution < -0.4 is 5.32 Å². The fraction of sp³-hybridized carbons (Fsp3) is 0.762. The van der Waals surface area contributed by atoms with Gasteiger partial charge in [-0.25, -0.2) is 4.98 Å². The summed E-state index contributed by atoms with van der Waals surface area (Å²) in [5, 5.41) is 2.80. The van der Waals surface area contributed by atoms with E-state index in [2.05, 4.69) is 10.3 Å². The van der Waals surface area contributed by atoms with Crippen LogP contribution >= 0.6 is 0 Å². The van der Waals surface area contributed by atoms with Gasteiger partial charge < -0.3 is 24.1 Å². The second kappa shape index (κ2) is 13.3. The van der Waals surface area contributed by atoms with Crippen LogP contribution in [0.4, 0.5) is 0 Å². The molecule has 1 heterocycles. The molecular formula is C21H35N3O5. The third kappa shape index (κ3) is 8.14. The number of rotatable bonds is 14. The number of hydrogen-bond donors (Lipinski definition) is 1. The molecule has 1 aliphatic carbocycles. The number of carbonyl (C=O) groups is 2. The Balaban J connectivity index is 1.88. The Labute approximate surface area is 173 Å². The van der Waals surface area contributed by atoms with Gasteiger partial charge in [0.05, 0.1) is 6.54 Å². The second-order valence-corrected chi connectivity index (χ2v) is 7.22. The van der Waals surface area contributed by atoms with Crippen LogP contribution in [0.1, 0.15) is 68.8 Å². The van der Waals surface area contributed by atoms with E-state index >= 15 is 0 Å². The van der Waals surface area contributed by atoms with E-state index in [1.807, 2.05) is 13.8 Å². The van der Waals surface area contributed by atoms with Crippen molar-refractivity contribution in [2.24, 2.45) is 5.92 Å². The molecule has 2 rings (SSSR count). The van der Waals surface area contributed by atoms with E-state index in [9.17, 15) is 9.59 Å². The van der Waals surface area contributed by atoms with Crippen LogP contribution in [0.5, 0.6) is 0 Å². The van der Waals surface area contributed by atoms with Gasteiger partial charge in [-0.1, -0.05) is 12.8 Å². The van der Waals surface area contributed by atoms with Gasteiger partial charge in [-0.15, -0.1) is 0 Å². The van der Waals surface area contributed by atoms with E-state index in [0.717, 1.165) is 38.5 Å². The summed E-state index contributed by atoms with van der Waals surface area (Å²) in [4.78, 5) is 31.2. The summed E-state index contributed by atoms with van der Waals surface area (Å²) in [6, 6.07) is 0. The minimum Gasteiger partial charge on any atom is -0.446 e. The number of oxazole rings is 1. The summed E-state index contributed by atoms with van der Waals surface area (Å²) in [5.41, 5.74) is 0.235. The summed E-state index contributed by atoms with van der Waals surface area (Å²) in [7, 11) is 0. The lowest BCUT2D eigenvalue weighted by Crippen LogP contribution is -2.36. The fourth-order valence-corrected chi connectivity index (χ4v) is 3.46. The lowest BCUT2D eigenvalue weighted by molar-refractivity contribution is -0.136. The van der Waals surface area contributed by atoms with Crippen LogP contribution in [-0.2, 0) is 20.8 Å². The van der Waals surface area contributed by atoms with Gasteiger partial charge >= 0.3 is 0 Å².